The van der Waals surface area contributed by atoms with Crippen LogP contribution in [0.1, 0.15) is 36.1 Å². The van der Waals surface area contributed by atoms with Gasteiger partial charge in [0.25, 0.3) is 5.69 Å². The molecule has 0 aliphatic heterocycles. The Morgan fingerprint density at radius 2 is 1.90 bits per heavy atom. The number of Topliss-reactive ketones (excluding diaryl/α,β-unsaturated/α-hetero) is 1. The molecule has 9 nitrogen and oxygen atoms in total. The fraction of sp³-hybridized carbons (Fsp3) is 0.286. The zero-order valence-electron chi connectivity index (χ0n) is 17.3. The molecule has 0 saturated heterocycles. The molecule has 1 heterocycles. The van der Waals surface area contributed by atoms with Crippen LogP contribution in [0, 0.1) is 10.1 Å². The summed E-state index contributed by atoms with van der Waals surface area (Å²) in [5.74, 6) is 1.93. The lowest BCUT2D eigenvalue weighted by Gasteiger charge is -2.15. The van der Waals surface area contributed by atoms with Crippen LogP contribution < -0.4 is 9.47 Å². The maximum Gasteiger partial charge on any atom is 0.270 e. The molecule has 0 radical (unpaired) electrons. The Balaban J connectivity index is 1.68. The molecule has 10 heteroatoms. The van der Waals surface area contributed by atoms with Crippen LogP contribution in [0.3, 0.4) is 0 Å². The van der Waals surface area contributed by atoms with E-state index in [1.165, 1.54) is 30.0 Å². The van der Waals surface area contributed by atoms with Crippen molar-refractivity contribution in [2.45, 2.75) is 31.7 Å². The summed E-state index contributed by atoms with van der Waals surface area (Å²) in [5.41, 5.74) is 0.181. The van der Waals surface area contributed by atoms with E-state index in [-0.39, 0.29) is 23.3 Å². The number of benzene rings is 2. The Morgan fingerprint density at radius 1 is 1.19 bits per heavy atom. The number of ketones is 1. The number of nitrogens with zero attached hydrogens (tertiary/aromatic N) is 4. The zero-order chi connectivity index (χ0) is 22.4. The second-order valence-corrected chi connectivity index (χ2v) is 7.48. The summed E-state index contributed by atoms with van der Waals surface area (Å²) in [7, 11) is 1.60. The topological polar surface area (TPSA) is 109 Å². The molecule has 3 rings (SSSR count). The Kier molecular flexibility index (Phi) is 7.24. The molecule has 0 spiro atoms. The molecule has 0 amide bonds. The van der Waals surface area contributed by atoms with Gasteiger partial charge in [0.1, 0.15) is 11.5 Å². The lowest BCUT2D eigenvalue weighted by Crippen LogP contribution is -2.12. The largest absolute Gasteiger partial charge is 0.497 e. The molecule has 31 heavy (non-hydrogen) atoms. The van der Waals surface area contributed by atoms with E-state index in [1.54, 1.807) is 13.2 Å². The Labute approximate surface area is 183 Å². The molecule has 0 fully saturated rings. The van der Waals surface area contributed by atoms with Gasteiger partial charge in [0, 0.05) is 24.2 Å². The molecular formula is C21H22N4O5S. The smallest absolute Gasteiger partial charge is 0.270 e. The van der Waals surface area contributed by atoms with Crippen molar-refractivity contribution < 1.29 is 19.2 Å². The minimum absolute atomic E-state index is 0.0903. The zero-order valence-corrected chi connectivity index (χ0v) is 18.2. The fourth-order valence-corrected chi connectivity index (χ4v) is 3.83. The van der Waals surface area contributed by atoms with Crippen LogP contribution in [0.5, 0.6) is 11.5 Å². The maximum absolute atomic E-state index is 12.5. The summed E-state index contributed by atoms with van der Waals surface area (Å²) in [4.78, 5) is 22.9. The second-order valence-electron chi connectivity index (χ2n) is 6.54. The number of carbonyl (C=O) groups is 1. The van der Waals surface area contributed by atoms with Crippen LogP contribution in [-0.2, 0) is 6.54 Å². The number of aromatic nitrogens is 3. The number of hydrogen-bond acceptors (Lipinski definition) is 8. The predicted molar refractivity (Wildman–Crippen MR) is 116 cm³/mol. The molecule has 1 aromatic heterocycles. The summed E-state index contributed by atoms with van der Waals surface area (Å²) in [6.45, 7) is 4.44. The van der Waals surface area contributed by atoms with Gasteiger partial charge in [0.15, 0.2) is 22.9 Å². The van der Waals surface area contributed by atoms with Crippen molar-refractivity contribution in [1.82, 2.24) is 14.8 Å². The van der Waals surface area contributed by atoms with Crippen molar-refractivity contribution in [3.8, 4) is 11.5 Å². The third kappa shape index (κ3) is 5.40. The standard InChI is InChI=1S/C21H22N4O5S/c1-4-24-20(14(2)30-18-10-8-17(29-3)9-11-18)22-23-21(24)31-13-19(26)15-6-5-7-16(12-15)25(27)28/h5-12,14H,4,13H2,1-3H3. The quantitative estimate of drug-likeness (QED) is 0.197. The Bertz CT molecular complexity index is 1070. The van der Waals surface area contributed by atoms with E-state index >= 15 is 0 Å². The van der Waals surface area contributed by atoms with E-state index in [0.717, 1.165) is 5.75 Å². The van der Waals surface area contributed by atoms with E-state index in [4.69, 9.17) is 9.47 Å². The summed E-state index contributed by atoms with van der Waals surface area (Å²) in [6.07, 6.45) is -0.359. The fourth-order valence-electron chi connectivity index (χ4n) is 2.92. The number of nitro benzene ring substituents is 1. The van der Waals surface area contributed by atoms with E-state index in [9.17, 15) is 14.9 Å². The van der Waals surface area contributed by atoms with Crippen molar-refractivity contribution in [3.63, 3.8) is 0 Å². The summed E-state index contributed by atoms with van der Waals surface area (Å²) >= 11 is 1.24. The third-order valence-electron chi connectivity index (χ3n) is 4.51. The number of hydrogen-bond donors (Lipinski definition) is 0. The van der Waals surface area contributed by atoms with Gasteiger partial charge in [-0.1, -0.05) is 23.9 Å². The van der Waals surface area contributed by atoms with Gasteiger partial charge in [-0.2, -0.15) is 0 Å². The van der Waals surface area contributed by atoms with E-state index in [1.807, 2.05) is 42.7 Å². The maximum atomic E-state index is 12.5. The number of carbonyl (C=O) groups excluding carboxylic acids is 1. The average Bonchev–Trinajstić information content (AvgIpc) is 3.21. The van der Waals surface area contributed by atoms with Crippen LogP contribution in [0.4, 0.5) is 5.69 Å². The molecule has 0 aliphatic rings. The molecule has 0 aliphatic carbocycles. The molecule has 0 N–H and O–H groups in total. The van der Waals surface area contributed by atoms with Gasteiger partial charge in [0.05, 0.1) is 17.8 Å². The van der Waals surface area contributed by atoms with Crippen molar-refractivity contribution >= 4 is 23.2 Å². The van der Waals surface area contributed by atoms with Crippen molar-refractivity contribution in [3.05, 3.63) is 70.0 Å². The molecule has 0 saturated carbocycles. The SMILES string of the molecule is CCn1c(SCC(=O)c2cccc([N+](=O)[O-])c2)nnc1C(C)Oc1ccc(OC)cc1. The summed E-state index contributed by atoms with van der Waals surface area (Å²) in [5, 5.41) is 20.0. The molecule has 3 aromatic rings. The molecule has 1 unspecified atom stereocenters. The Morgan fingerprint density at radius 3 is 2.55 bits per heavy atom. The van der Waals surface area contributed by atoms with Gasteiger partial charge in [-0.25, -0.2) is 0 Å². The average molecular weight is 442 g/mol. The van der Waals surface area contributed by atoms with E-state index < -0.39 is 4.92 Å². The van der Waals surface area contributed by atoms with Gasteiger partial charge in [-0.3, -0.25) is 14.9 Å². The van der Waals surface area contributed by atoms with E-state index in [0.29, 0.717) is 28.8 Å². The van der Waals surface area contributed by atoms with Crippen LogP contribution in [-0.4, -0.2) is 38.3 Å². The van der Waals surface area contributed by atoms with Gasteiger partial charge in [0.2, 0.25) is 0 Å². The number of nitro groups is 1. The molecule has 162 valence electrons. The van der Waals surface area contributed by atoms with Crippen LogP contribution in [0.2, 0.25) is 0 Å². The van der Waals surface area contributed by atoms with Crippen LogP contribution in [0.15, 0.2) is 53.7 Å². The molecular weight excluding hydrogens is 420 g/mol. The molecule has 0 bridgehead atoms. The van der Waals surface area contributed by atoms with Gasteiger partial charge < -0.3 is 14.0 Å². The molecule has 2 aromatic carbocycles. The predicted octanol–water partition coefficient (Wildman–Crippen LogP) is 4.33. The lowest BCUT2D eigenvalue weighted by molar-refractivity contribution is -0.384. The first-order valence-corrected chi connectivity index (χ1v) is 10.6. The highest BCUT2D eigenvalue weighted by molar-refractivity contribution is 7.99. The summed E-state index contributed by atoms with van der Waals surface area (Å²) in [6, 6.07) is 13.0. The number of non-ortho nitro benzene ring substituents is 1. The van der Waals surface area contributed by atoms with Crippen LogP contribution >= 0.6 is 11.8 Å². The second kappa shape index (κ2) is 10.1. The van der Waals surface area contributed by atoms with Crippen molar-refractivity contribution in [1.29, 1.82) is 0 Å². The highest BCUT2D eigenvalue weighted by Gasteiger charge is 2.20. The number of methoxy groups -OCH3 is 1. The minimum Gasteiger partial charge on any atom is -0.497 e. The monoisotopic (exact) mass is 442 g/mol. The minimum atomic E-state index is -0.520. The number of ether oxygens (including phenoxy) is 2. The first kappa shape index (κ1) is 22.3. The highest BCUT2D eigenvalue weighted by atomic mass is 32.2. The van der Waals surface area contributed by atoms with Crippen LogP contribution in [0.25, 0.3) is 0 Å². The van der Waals surface area contributed by atoms with Gasteiger partial charge >= 0.3 is 0 Å². The third-order valence-corrected chi connectivity index (χ3v) is 5.48. The number of thioether (sulfide) groups is 1. The van der Waals surface area contributed by atoms with Gasteiger partial charge in [-0.05, 0) is 38.1 Å². The Hall–Kier alpha value is -3.40. The first-order chi connectivity index (χ1) is 14.9. The van der Waals surface area contributed by atoms with Crippen molar-refractivity contribution in [2.24, 2.45) is 0 Å². The lowest BCUT2D eigenvalue weighted by atomic mass is 10.1. The highest BCUT2D eigenvalue weighted by Crippen LogP contribution is 2.26. The number of rotatable bonds is 10. The molecule has 1 atom stereocenters. The van der Waals surface area contributed by atoms with Gasteiger partial charge in [-0.15, -0.1) is 10.2 Å². The van der Waals surface area contributed by atoms with E-state index in [2.05, 4.69) is 10.2 Å². The van der Waals surface area contributed by atoms with Crippen molar-refractivity contribution in [2.75, 3.05) is 12.9 Å². The summed E-state index contributed by atoms with van der Waals surface area (Å²) < 4.78 is 13.0. The first-order valence-electron chi connectivity index (χ1n) is 9.57. The normalized spacial score (nSPS) is 11.7.